The van der Waals surface area contributed by atoms with Crippen molar-refractivity contribution in [1.29, 1.82) is 0 Å². The fourth-order valence-corrected chi connectivity index (χ4v) is 9.02. The maximum atomic E-state index is 2.69. The molecular formula is C43H49N2+. The fraction of sp³-hybridized carbons (Fsp3) is 0.419. The molecule has 0 spiro atoms. The summed E-state index contributed by atoms with van der Waals surface area (Å²) in [5.41, 5.74) is 11.8. The van der Waals surface area contributed by atoms with Gasteiger partial charge in [0.05, 0.1) is 27.3 Å². The van der Waals surface area contributed by atoms with Gasteiger partial charge >= 0.3 is 0 Å². The summed E-state index contributed by atoms with van der Waals surface area (Å²) >= 11 is 0. The van der Waals surface area contributed by atoms with Crippen LogP contribution >= 0.6 is 0 Å². The SMILES string of the molecule is Cc1c2cc(CC(C)(C)C)ccc2c(CC(C)(C)C)c2c1c1c3c(cc[n+]1C)c(CC1CCCC1)cc1c4ccccc4n2c13. The van der Waals surface area contributed by atoms with Gasteiger partial charge < -0.3 is 4.40 Å². The number of hydrogen-bond acceptors (Lipinski definition) is 0. The maximum absolute atomic E-state index is 2.69. The molecule has 0 bridgehead atoms. The summed E-state index contributed by atoms with van der Waals surface area (Å²) in [6.45, 7) is 16.7. The number of aromatic nitrogens is 2. The van der Waals surface area contributed by atoms with Crippen molar-refractivity contribution in [1.82, 2.24) is 4.40 Å². The Morgan fingerprint density at radius 1 is 0.733 bits per heavy atom. The lowest BCUT2D eigenvalue weighted by atomic mass is 9.81. The lowest BCUT2D eigenvalue weighted by Crippen LogP contribution is -2.29. The van der Waals surface area contributed by atoms with Crippen molar-refractivity contribution >= 4 is 59.8 Å². The highest BCUT2D eigenvalue weighted by atomic mass is 15.0. The number of aryl methyl sites for hydroxylation is 2. The van der Waals surface area contributed by atoms with Gasteiger partial charge in [0.25, 0.3) is 0 Å². The van der Waals surface area contributed by atoms with E-state index in [4.69, 9.17) is 0 Å². The molecule has 0 aliphatic heterocycles. The fourth-order valence-electron chi connectivity index (χ4n) is 9.02. The molecule has 1 fully saturated rings. The number of para-hydroxylation sites is 1. The number of rotatable bonds is 4. The zero-order valence-electron chi connectivity index (χ0n) is 28.7. The first-order valence-corrected chi connectivity index (χ1v) is 17.4. The van der Waals surface area contributed by atoms with Gasteiger partial charge in [0.15, 0.2) is 6.20 Å². The topological polar surface area (TPSA) is 8.29 Å². The Kier molecular flexibility index (Phi) is 6.35. The molecule has 4 aromatic carbocycles. The summed E-state index contributed by atoms with van der Waals surface area (Å²) in [4.78, 5) is 0. The molecule has 3 aromatic heterocycles. The zero-order valence-corrected chi connectivity index (χ0v) is 28.7. The van der Waals surface area contributed by atoms with Crippen molar-refractivity contribution < 1.29 is 4.57 Å². The van der Waals surface area contributed by atoms with Crippen LogP contribution in [0.3, 0.4) is 0 Å². The normalized spacial score (nSPS) is 15.4. The maximum Gasteiger partial charge on any atom is 0.224 e. The third kappa shape index (κ3) is 4.54. The van der Waals surface area contributed by atoms with E-state index >= 15 is 0 Å². The minimum absolute atomic E-state index is 0.141. The first kappa shape index (κ1) is 28.8. The lowest BCUT2D eigenvalue weighted by Gasteiger charge is -2.25. The van der Waals surface area contributed by atoms with E-state index in [1.165, 1.54) is 109 Å². The highest BCUT2D eigenvalue weighted by Gasteiger charge is 2.30. The molecule has 8 rings (SSSR count). The van der Waals surface area contributed by atoms with Crippen LogP contribution in [0.4, 0.5) is 0 Å². The van der Waals surface area contributed by atoms with Crippen LogP contribution in [0.15, 0.2) is 60.8 Å². The monoisotopic (exact) mass is 593 g/mol. The van der Waals surface area contributed by atoms with Crippen molar-refractivity contribution in [2.24, 2.45) is 23.8 Å². The molecule has 2 nitrogen and oxygen atoms in total. The molecule has 45 heavy (non-hydrogen) atoms. The standard InChI is InChI=1S/C43H49N2/c1-26-33-22-28(24-42(2,3)4)17-18-31(33)35(25-43(5,6)7)40-37(26)41-38-30(19-20-44(41)8)29(21-27-13-9-10-14-27)23-34-32-15-11-12-16-36(32)45(40)39(34)38/h11-12,15-20,22-23,27H,9-10,13-14,21,24-25H2,1-8H3/q+1. The average molecular weight is 594 g/mol. The van der Waals surface area contributed by atoms with E-state index in [0.717, 1.165) is 18.8 Å². The van der Waals surface area contributed by atoms with Crippen LogP contribution in [0.2, 0.25) is 0 Å². The van der Waals surface area contributed by atoms with Gasteiger partial charge in [0, 0.05) is 16.8 Å². The van der Waals surface area contributed by atoms with Crippen LogP contribution in [0.5, 0.6) is 0 Å². The summed E-state index contributed by atoms with van der Waals surface area (Å²) in [7, 11) is 2.27. The number of nitrogens with zero attached hydrogens (tertiary/aromatic N) is 2. The van der Waals surface area contributed by atoms with Crippen molar-refractivity contribution in [2.75, 3.05) is 0 Å². The van der Waals surface area contributed by atoms with E-state index in [-0.39, 0.29) is 10.8 Å². The Balaban J connectivity index is 1.63. The minimum atomic E-state index is 0.141. The first-order valence-electron chi connectivity index (χ1n) is 17.4. The molecule has 0 unspecified atom stereocenters. The van der Waals surface area contributed by atoms with E-state index in [1.807, 2.05) is 0 Å². The van der Waals surface area contributed by atoms with Crippen LogP contribution in [-0.2, 0) is 26.3 Å². The van der Waals surface area contributed by atoms with Gasteiger partial charge in [-0.3, -0.25) is 0 Å². The second kappa shape index (κ2) is 9.92. The Bertz CT molecular complexity index is 2280. The molecule has 0 radical (unpaired) electrons. The van der Waals surface area contributed by atoms with Crippen LogP contribution < -0.4 is 4.57 Å². The van der Waals surface area contributed by atoms with E-state index < -0.39 is 0 Å². The van der Waals surface area contributed by atoms with Gasteiger partial charge in [-0.1, -0.05) is 104 Å². The molecule has 0 saturated heterocycles. The molecule has 0 N–H and O–H groups in total. The number of pyridine rings is 2. The van der Waals surface area contributed by atoms with E-state index in [0.29, 0.717) is 0 Å². The second-order valence-electron chi connectivity index (χ2n) is 16.9. The predicted octanol–water partition coefficient (Wildman–Crippen LogP) is 11.2. The summed E-state index contributed by atoms with van der Waals surface area (Å²) in [6, 6.07) is 21.6. The summed E-state index contributed by atoms with van der Waals surface area (Å²) in [5.74, 6) is 0.803. The number of fused-ring (bicyclic) bond motifs is 7. The van der Waals surface area contributed by atoms with Crippen molar-refractivity contribution in [3.63, 3.8) is 0 Å². The Morgan fingerprint density at radius 3 is 2.20 bits per heavy atom. The van der Waals surface area contributed by atoms with Crippen molar-refractivity contribution in [2.45, 2.75) is 93.4 Å². The van der Waals surface area contributed by atoms with Gasteiger partial charge in [-0.15, -0.1) is 0 Å². The van der Waals surface area contributed by atoms with Crippen molar-refractivity contribution in [3.8, 4) is 0 Å². The van der Waals surface area contributed by atoms with Crippen LogP contribution in [-0.4, -0.2) is 4.40 Å². The van der Waals surface area contributed by atoms with Crippen molar-refractivity contribution in [3.05, 3.63) is 83.0 Å². The largest absolute Gasteiger partial charge is 0.307 e. The molecule has 0 amide bonds. The van der Waals surface area contributed by atoms with E-state index in [2.05, 4.69) is 125 Å². The summed E-state index contributed by atoms with van der Waals surface area (Å²) < 4.78 is 5.12. The summed E-state index contributed by atoms with van der Waals surface area (Å²) in [5, 5.41) is 9.97. The molecule has 2 heteroatoms. The van der Waals surface area contributed by atoms with Crippen LogP contribution in [0, 0.1) is 23.7 Å². The highest BCUT2D eigenvalue weighted by molar-refractivity contribution is 6.29. The Hall–Kier alpha value is -3.65. The Morgan fingerprint density at radius 2 is 1.47 bits per heavy atom. The van der Waals surface area contributed by atoms with Crippen LogP contribution in [0.25, 0.3) is 59.8 Å². The quantitative estimate of drug-likeness (QED) is 0.109. The predicted molar refractivity (Wildman–Crippen MR) is 194 cm³/mol. The third-order valence-electron chi connectivity index (χ3n) is 10.7. The molecule has 230 valence electrons. The van der Waals surface area contributed by atoms with E-state index in [9.17, 15) is 0 Å². The molecule has 1 aliphatic rings. The molecule has 1 saturated carbocycles. The van der Waals surface area contributed by atoms with Gasteiger partial charge in [0.2, 0.25) is 5.52 Å². The molecular weight excluding hydrogens is 544 g/mol. The second-order valence-corrected chi connectivity index (χ2v) is 16.9. The molecule has 1 aliphatic carbocycles. The number of benzene rings is 4. The summed E-state index contributed by atoms with van der Waals surface area (Å²) in [6.07, 6.45) is 11.1. The van der Waals surface area contributed by atoms with Gasteiger partial charge in [-0.05, 0) is 93.5 Å². The smallest absolute Gasteiger partial charge is 0.224 e. The molecule has 0 atom stereocenters. The Labute approximate surface area is 268 Å². The third-order valence-corrected chi connectivity index (χ3v) is 10.7. The van der Waals surface area contributed by atoms with Crippen LogP contribution in [0.1, 0.15) is 89.5 Å². The van der Waals surface area contributed by atoms with Gasteiger partial charge in [-0.25, -0.2) is 4.57 Å². The van der Waals surface area contributed by atoms with Gasteiger partial charge in [0.1, 0.15) is 7.05 Å². The van der Waals surface area contributed by atoms with E-state index in [1.54, 1.807) is 5.56 Å². The first-order chi connectivity index (χ1) is 21.4. The highest BCUT2D eigenvalue weighted by Crippen LogP contribution is 2.47. The molecule has 3 heterocycles. The number of hydrogen-bond donors (Lipinski definition) is 0. The minimum Gasteiger partial charge on any atom is -0.307 e. The average Bonchev–Trinajstić information content (AvgIpc) is 3.60. The molecule has 7 aromatic rings. The lowest BCUT2D eigenvalue weighted by molar-refractivity contribution is -0.643. The van der Waals surface area contributed by atoms with Gasteiger partial charge in [-0.2, -0.15) is 0 Å². The zero-order chi connectivity index (χ0) is 31.4.